The van der Waals surface area contributed by atoms with Gasteiger partial charge in [-0.2, -0.15) is 0 Å². The lowest BCUT2D eigenvalue weighted by molar-refractivity contribution is -0.126. The van der Waals surface area contributed by atoms with Gasteiger partial charge in [0.2, 0.25) is 11.8 Å². The molecule has 1 saturated heterocycles. The number of aliphatic hydroxyl groups is 1. The molecular formula is C21H18BrN3O3. The molecule has 0 spiro atoms. The molecule has 142 valence electrons. The fourth-order valence-electron chi connectivity index (χ4n) is 3.34. The monoisotopic (exact) mass is 439 g/mol. The quantitative estimate of drug-likeness (QED) is 0.470. The van der Waals surface area contributed by atoms with Crippen LogP contribution < -0.4 is 10.6 Å². The van der Waals surface area contributed by atoms with E-state index in [-0.39, 0.29) is 12.5 Å². The summed E-state index contributed by atoms with van der Waals surface area (Å²) < 4.78 is 0.928. The lowest BCUT2D eigenvalue weighted by atomic mass is 10.0. The minimum absolute atomic E-state index is 0.141. The normalized spacial score (nSPS) is 19.3. The zero-order valence-corrected chi connectivity index (χ0v) is 16.4. The van der Waals surface area contributed by atoms with Gasteiger partial charge in [-0.3, -0.25) is 9.59 Å². The standard InChI is InChI=1S/C21H18BrN3O3/c22-15-8-4-7-13-14(18(25-19(13)15)12-5-2-1-3-6-12)9-10-17(27)24-20-16(26)11-23-21(20)28/h1-10,16,20,25-26H,11H2,(H,23,28)(H,24,27)/t16-,20+/m1/s1. The summed E-state index contributed by atoms with van der Waals surface area (Å²) in [6.45, 7) is 0.141. The van der Waals surface area contributed by atoms with Gasteiger partial charge in [0.1, 0.15) is 12.1 Å². The molecule has 0 bridgehead atoms. The predicted molar refractivity (Wildman–Crippen MR) is 111 cm³/mol. The Balaban J connectivity index is 1.69. The number of H-pyrrole nitrogens is 1. The Morgan fingerprint density at radius 2 is 1.96 bits per heavy atom. The number of nitrogens with one attached hydrogen (secondary N) is 3. The number of carbonyl (C=O) groups is 2. The Morgan fingerprint density at radius 1 is 1.18 bits per heavy atom. The summed E-state index contributed by atoms with van der Waals surface area (Å²) in [6, 6.07) is 14.8. The topological polar surface area (TPSA) is 94.2 Å². The van der Waals surface area contributed by atoms with Gasteiger partial charge in [-0.1, -0.05) is 42.5 Å². The minimum Gasteiger partial charge on any atom is -0.389 e. The fraction of sp³-hybridized carbons (Fsp3) is 0.143. The van der Waals surface area contributed by atoms with Crippen LogP contribution in [0.3, 0.4) is 0 Å². The van der Waals surface area contributed by atoms with Crippen molar-refractivity contribution in [2.75, 3.05) is 6.54 Å². The van der Waals surface area contributed by atoms with Gasteiger partial charge in [-0.25, -0.2) is 0 Å². The van der Waals surface area contributed by atoms with Crippen molar-refractivity contribution in [2.45, 2.75) is 12.1 Å². The number of β-amino-alcohol motifs (C(OH)–C–C–N with tert-alkyl or cyclic N) is 1. The van der Waals surface area contributed by atoms with Crippen molar-refractivity contribution in [3.05, 3.63) is 64.6 Å². The molecule has 6 nitrogen and oxygen atoms in total. The molecule has 0 saturated carbocycles. The second-order valence-electron chi connectivity index (χ2n) is 6.57. The van der Waals surface area contributed by atoms with Crippen LogP contribution in [-0.4, -0.2) is 40.6 Å². The Kier molecular flexibility index (Phi) is 5.02. The number of benzene rings is 2. The molecule has 2 amide bonds. The number of fused-ring (bicyclic) bond motifs is 1. The zero-order valence-electron chi connectivity index (χ0n) is 14.8. The summed E-state index contributed by atoms with van der Waals surface area (Å²) in [5.41, 5.74) is 3.70. The molecule has 1 aromatic heterocycles. The van der Waals surface area contributed by atoms with E-state index in [0.717, 1.165) is 32.2 Å². The Bertz CT molecular complexity index is 1080. The third-order valence-electron chi connectivity index (χ3n) is 4.74. The van der Waals surface area contributed by atoms with Crippen molar-refractivity contribution in [3.8, 4) is 11.3 Å². The summed E-state index contributed by atoms with van der Waals surface area (Å²) in [6.07, 6.45) is 2.19. The summed E-state index contributed by atoms with van der Waals surface area (Å²) in [5, 5.41) is 15.8. The first-order chi connectivity index (χ1) is 13.5. The molecule has 28 heavy (non-hydrogen) atoms. The molecule has 1 aliphatic heterocycles. The number of aromatic amines is 1. The highest BCUT2D eigenvalue weighted by Crippen LogP contribution is 2.34. The second-order valence-corrected chi connectivity index (χ2v) is 7.43. The molecular weight excluding hydrogens is 422 g/mol. The van der Waals surface area contributed by atoms with Crippen LogP contribution in [0.5, 0.6) is 0 Å². The molecule has 4 N–H and O–H groups in total. The lowest BCUT2D eigenvalue weighted by Crippen LogP contribution is -2.44. The van der Waals surface area contributed by atoms with Crippen LogP contribution in [0, 0.1) is 0 Å². The minimum atomic E-state index is -0.928. The van der Waals surface area contributed by atoms with Crippen LogP contribution in [0.25, 0.3) is 28.2 Å². The van der Waals surface area contributed by atoms with Crippen LogP contribution in [0.4, 0.5) is 0 Å². The zero-order chi connectivity index (χ0) is 19.7. The van der Waals surface area contributed by atoms with Gasteiger partial charge >= 0.3 is 0 Å². The van der Waals surface area contributed by atoms with E-state index in [1.807, 2.05) is 48.5 Å². The number of halogens is 1. The van der Waals surface area contributed by atoms with Crippen LogP contribution in [0.1, 0.15) is 5.56 Å². The van der Waals surface area contributed by atoms with Crippen LogP contribution in [0.15, 0.2) is 59.1 Å². The largest absolute Gasteiger partial charge is 0.389 e. The Hall–Kier alpha value is -2.90. The molecule has 0 radical (unpaired) electrons. The van der Waals surface area contributed by atoms with Gasteiger partial charge in [-0.05, 0) is 33.6 Å². The van der Waals surface area contributed by atoms with Crippen LogP contribution >= 0.6 is 15.9 Å². The molecule has 1 aliphatic rings. The number of carbonyl (C=O) groups excluding carboxylic acids is 2. The van der Waals surface area contributed by atoms with E-state index >= 15 is 0 Å². The van der Waals surface area contributed by atoms with E-state index in [4.69, 9.17) is 0 Å². The van der Waals surface area contributed by atoms with E-state index in [0.29, 0.717) is 0 Å². The number of aliphatic hydroxyl groups excluding tert-OH is 1. The Labute approximate surface area is 169 Å². The highest BCUT2D eigenvalue weighted by molar-refractivity contribution is 9.10. The van der Waals surface area contributed by atoms with Crippen molar-refractivity contribution in [2.24, 2.45) is 0 Å². The van der Waals surface area contributed by atoms with Crippen molar-refractivity contribution < 1.29 is 14.7 Å². The SMILES string of the molecule is O=C(C=Cc1c(-c2ccccc2)[nH]c2c(Br)cccc12)N[C@@H]1C(=O)NC[C@H]1O. The van der Waals surface area contributed by atoms with Gasteiger partial charge in [-0.15, -0.1) is 0 Å². The average molecular weight is 440 g/mol. The highest BCUT2D eigenvalue weighted by atomic mass is 79.9. The third-order valence-corrected chi connectivity index (χ3v) is 5.40. The summed E-state index contributed by atoms with van der Waals surface area (Å²) in [4.78, 5) is 27.4. The summed E-state index contributed by atoms with van der Waals surface area (Å²) >= 11 is 3.56. The molecule has 4 rings (SSSR count). The van der Waals surface area contributed by atoms with Gasteiger partial charge in [0.15, 0.2) is 0 Å². The van der Waals surface area contributed by atoms with E-state index in [9.17, 15) is 14.7 Å². The molecule has 1 fully saturated rings. The second kappa shape index (κ2) is 7.61. The summed E-state index contributed by atoms with van der Waals surface area (Å²) in [7, 11) is 0. The fourth-order valence-corrected chi connectivity index (χ4v) is 3.80. The molecule has 2 aromatic carbocycles. The number of rotatable bonds is 4. The van der Waals surface area contributed by atoms with Crippen LogP contribution in [0.2, 0.25) is 0 Å². The average Bonchev–Trinajstić information content (AvgIpc) is 3.23. The predicted octanol–water partition coefficient (Wildman–Crippen LogP) is 2.59. The lowest BCUT2D eigenvalue weighted by Gasteiger charge is -2.11. The maximum absolute atomic E-state index is 12.3. The van der Waals surface area contributed by atoms with Gasteiger partial charge in [0.05, 0.1) is 11.2 Å². The van der Waals surface area contributed by atoms with Crippen molar-refractivity contribution in [1.29, 1.82) is 0 Å². The number of aromatic nitrogens is 1. The maximum Gasteiger partial charge on any atom is 0.245 e. The van der Waals surface area contributed by atoms with E-state index in [1.54, 1.807) is 6.08 Å². The van der Waals surface area contributed by atoms with E-state index in [2.05, 4.69) is 31.5 Å². The summed E-state index contributed by atoms with van der Waals surface area (Å²) in [5.74, 6) is -0.820. The Morgan fingerprint density at radius 3 is 2.68 bits per heavy atom. The number of hydrogen-bond donors (Lipinski definition) is 4. The first-order valence-corrected chi connectivity index (χ1v) is 9.64. The molecule has 2 atom stereocenters. The smallest absolute Gasteiger partial charge is 0.245 e. The molecule has 0 aliphatic carbocycles. The highest BCUT2D eigenvalue weighted by Gasteiger charge is 2.33. The van der Waals surface area contributed by atoms with Crippen LogP contribution in [-0.2, 0) is 9.59 Å². The number of amides is 2. The molecule has 2 heterocycles. The van der Waals surface area contributed by atoms with E-state index in [1.165, 1.54) is 6.08 Å². The van der Waals surface area contributed by atoms with E-state index < -0.39 is 18.1 Å². The molecule has 3 aromatic rings. The van der Waals surface area contributed by atoms with Crippen molar-refractivity contribution in [1.82, 2.24) is 15.6 Å². The number of hydrogen-bond acceptors (Lipinski definition) is 3. The first-order valence-electron chi connectivity index (χ1n) is 8.84. The third kappa shape index (κ3) is 3.46. The van der Waals surface area contributed by atoms with Gasteiger partial charge in [0.25, 0.3) is 0 Å². The van der Waals surface area contributed by atoms with Gasteiger partial charge in [0, 0.05) is 28.0 Å². The number of para-hydroxylation sites is 1. The van der Waals surface area contributed by atoms with Gasteiger partial charge < -0.3 is 20.7 Å². The first kappa shape index (κ1) is 18.5. The molecule has 0 unspecified atom stereocenters. The molecule has 7 heteroatoms. The van der Waals surface area contributed by atoms with Crippen molar-refractivity contribution in [3.63, 3.8) is 0 Å². The van der Waals surface area contributed by atoms with Crippen molar-refractivity contribution >= 4 is 44.7 Å². The maximum atomic E-state index is 12.3.